The van der Waals surface area contributed by atoms with Crippen molar-refractivity contribution in [2.75, 3.05) is 0 Å². The average molecular weight is 261 g/mol. The molecule has 0 fully saturated rings. The molecule has 0 unspecified atom stereocenters. The quantitative estimate of drug-likeness (QED) is 0.898. The van der Waals surface area contributed by atoms with Crippen LogP contribution in [0, 0.1) is 0 Å². The van der Waals surface area contributed by atoms with E-state index in [1.807, 2.05) is 42.8 Å². The summed E-state index contributed by atoms with van der Waals surface area (Å²) in [6.45, 7) is 6.14. The number of benzene rings is 1. The summed E-state index contributed by atoms with van der Waals surface area (Å²) >= 11 is 0. The third-order valence-electron chi connectivity index (χ3n) is 2.86. The fraction of sp³-hybridized carbons (Fsp3) is 0.429. The summed E-state index contributed by atoms with van der Waals surface area (Å²) < 4.78 is 7.57. The third-order valence-corrected chi connectivity index (χ3v) is 2.86. The first-order valence-corrected chi connectivity index (χ1v) is 6.37. The highest BCUT2D eigenvalue weighted by Gasteiger charge is 2.11. The zero-order valence-electron chi connectivity index (χ0n) is 11.4. The zero-order valence-corrected chi connectivity index (χ0v) is 11.4. The van der Waals surface area contributed by atoms with E-state index in [4.69, 9.17) is 4.74 Å². The lowest BCUT2D eigenvalue weighted by molar-refractivity contribution is 0.188. The molecule has 0 saturated heterocycles. The van der Waals surface area contributed by atoms with Crippen LogP contribution >= 0.6 is 0 Å². The van der Waals surface area contributed by atoms with E-state index in [0.29, 0.717) is 12.4 Å². The zero-order chi connectivity index (χ0) is 13.8. The smallest absolute Gasteiger partial charge is 0.165 e. The molecule has 2 rings (SSSR count). The van der Waals surface area contributed by atoms with Gasteiger partial charge in [0.2, 0.25) is 0 Å². The van der Waals surface area contributed by atoms with Gasteiger partial charge in [-0.15, -0.1) is 0 Å². The first-order valence-electron chi connectivity index (χ1n) is 6.37. The van der Waals surface area contributed by atoms with Gasteiger partial charge in [-0.05, 0) is 26.8 Å². The predicted octanol–water partition coefficient (Wildman–Crippen LogP) is 2.49. The molecule has 5 heteroatoms. The number of rotatable bonds is 5. The van der Waals surface area contributed by atoms with Gasteiger partial charge < -0.3 is 9.84 Å². The van der Waals surface area contributed by atoms with Crippen LogP contribution in [-0.2, 0) is 6.61 Å². The van der Waals surface area contributed by atoms with Gasteiger partial charge in [-0.2, -0.15) is 5.10 Å². The summed E-state index contributed by atoms with van der Waals surface area (Å²) in [5, 5.41) is 13.9. The van der Waals surface area contributed by atoms with Crippen LogP contribution in [-0.4, -0.2) is 19.9 Å². The minimum Gasteiger partial charge on any atom is -0.485 e. The number of nitrogens with zero attached hydrogens (tertiary/aromatic N) is 3. The van der Waals surface area contributed by atoms with Crippen molar-refractivity contribution in [3.05, 3.63) is 42.0 Å². The summed E-state index contributed by atoms with van der Waals surface area (Å²) in [6.07, 6.45) is 0.971. The maximum Gasteiger partial charge on any atom is 0.165 e. The van der Waals surface area contributed by atoms with Crippen molar-refractivity contribution in [2.45, 2.75) is 39.5 Å². The van der Waals surface area contributed by atoms with Crippen LogP contribution < -0.4 is 4.74 Å². The Hall–Kier alpha value is -1.88. The highest BCUT2D eigenvalue weighted by atomic mass is 16.5. The highest BCUT2D eigenvalue weighted by Crippen LogP contribution is 2.25. The number of aliphatic hydroxyl groups excluding tert-OH is 1. The largest absolute Gasteiger partial charge is 0.485 e. The first-order chi connectivity index (χ1) is 9.09. The lowest BCUT2D eigenvalue weighted by Gasteiger charge is -2.14. The van der Waals surface area contributed by atoms with Gasteiger partial charge in [-0.1, -0.05) is 18.2 Å². The Balaban J connectivity index is 2.13. The van der Waals surface area contributed by atoms with Crippen molar-refractivity contribution in [1.29, 1.82) is 0 Å². The maximum atomic E-state index is 9.69. The number of hydrogen-bond acceptors (Lipinski definition) is 4. The summed E-state index contributed by atoms with van der Waals surface area (Å²) in [5.74, 6) is 1.45. The molecule has 0 aliphatic carbocycles. The first kappa shape index (κ1) is 13.5. The van der Waals surface area contributed by atoms with Gasteiger partial charge >= 0.3 is 0 Å². The maximum absolute atomic E-state index is 9.69. The monoisotopic (exact) mass is 261 g/mol. The second-order valence-corrected chi connectivity index (χ2v) is 4.72. The van der Waals surface area contributed by atoms with Gasteiger partial charge in [0.25, 0.3) is 0 Å². The van der Waals surface area contributed by atoms with Crippen LogP contribution in [0.2, 0.25) is 0 Å². The van der Waals surface area contributed by atoms with Crippen LogP contribution in [0.3, 0.4) is 0 Å². The molecule has 19 heavy (non-hydrogen) atoms. The van der Waals surface area contributed by atoms with Crippen molar-refractivity contribution in [3.8, 4) is 5.75 Å². The Bertz CT molecular complexity index is 535. The molecule has 2 aromatic rings. The molecule has 0 radical (unpaired) electrons. The SMILES string of the molecule is CC(C)n1ncnc1COc1ccccc1[C@@H](C)O. The molecular weight excluding hydrogens is 242 g/mol. The molecule has 1 aromatic carbocycles. The summed E-state index contributed by atoms with van der Waals surface area (Å²) in [6, 6.07) is 7.71. The van der Waals surface area contributed by atoms with Gasteiger partial charge in [-0.3, -0.25) is 0 Å². The van der Waals surface area contributed by atoms with Crippen LogP contribution in [0.25, 0.3) is 0 Å². The van der Waals surface area contributed by atoms with Crippen molar-refractivity contribution in [1.82, 2.24) is 14.8 Å². The van der Waals surface area contributed by atoms with Gasteiger partial charge in [0.05, 0.1) is 6.10 Å². The van der Waals surface area contributed by atoms with Crippen LogP contribution in [0.4, 0.5) is 0 Å². The third kappa shape index (κ3) is 3.12. The molecule has 0 amide bonds. The van der Waals surface area contributed by atoms with E-state index >= 15 is 0 Å². The molecule has 1 aromatic heterocycles. The van der Waals surface area contributed by atoms with Crippen molar-refractivity contribution in [2.24, 2.45) is 0 Å². The molecule has 1 N–H and O–H groups in total. The fourth-order valence-electron chi connectivity index (χ4n) is 1.91. The van der Waals surface area contributed by atoms with Gasteiger partial charge in [-0.25, -0.2) is 9.67 Å². The van der Waals surface area contributed by atoms with E-state index < -0.39 is 6.10 Å². The highest BCUT2D eigenvalue weighted by molar-refractivity contribution is 5.34. The molecule has 102 valence electrons. The van der Waals surface area contributed by atoms with E-state index in [0.717, 1.165) is 11.4 Å². The van der Waals surface area contributed by atoms with Crippen molar-refractivity contribution in [3.63, 3.8) is 0 Å². The number of ether oxygens (including phenoxy) is 1. The molecule has 0 aliphatic rings. The summed E-state index contributed by atoms with van der Waals surface area (Å²) in [5.41, 5.74) is 0.776. The van der Waals surface area contributed by atoms with E-state index in [9.17, 15) is 5.11 Å². The molecule has 0 aliphatic heterocycles. The number of hydrogen-bond donors (Lipinski definition) is 1. The Morgan fingerprint density at radius 1 is 1.26 bits per heavy atom. The second kappa shape index (κ2) is 5.84. The van der Waals surface area contributed by atoms with Crippen LogP contribution in [0.15, 0.2) is 30.6 Å². The van der Waals surface area contributed by atoms with E-state index in [1.165, 1.54) is 6.33 Å². The van der Waals surface area contributed by atoms with Crippen molar-refractivity contribution < 1.29 is 9.84 Å². The Morgan fingerprint density at radius 2 is 2.00 bits per heavy atom. The van der Waals surface area contributed by atoms with E-state index in [2.05, 4.69) is 10.1 Å². The number of aliphatic hydroxyl groups is 1. The van der Waals surface area contributed by atoms with Crippen LogP contribution in [0.1, 0.15) is 44.3 Å². The van der Waals surface area contributed by atoms with E-state index in [1.54, 1.807) is 6.92 Å². The van der Waals surface area contributed by atoms with E-state index in [-0.39, 0.29) is 6.04 Å². The Labute approximate surface area is 112 Å². The minimum atomic E-state index is -0.556. The summed E-state index contributed by atoms with van der Waals surface area (Å²) in [7, 11) is 0. The standard InChI is InChI=1S/C14H19N3O2/c1-10(2)17-14(15-9-16-17)8-19-13-7-5-4-6-12(13)11(3)18/h4-7,9-11,18H,8H2,1-3H3/t11-/m1/s1. The van der Waals surface area contributed by atoms with Crippen LogP contribution in [0.5, 0.6) is 5.75 Å². The molecule has 1 heterocycles. The molecule has 0 spiro atoms. The molecular formula is C14H19N3O2. The Morgan fingerprint density at radius 3 is 2.68 bits per heavy atom. The lowest BCUT2D eigenvalue weighted by atomic mass is 10.1. The van der Waals surface area contributed by atoms with Gasteiger partial charge in [0.15, 0.2) is 5.82 Å². The molecule has 0 bridgehead atoms. The Kier molecular flexibility index (Phi) is 4.16. The predicted molar refractivity (Wildman–Crippen MR) is 71.8 cm³/mol. The topological polar surface area (TPSA) is 60.2 Å². The molecule has 1 atom stereocenters. The van der Waals surface area contributed by atoms with Crippen molar-refractivity contribution >= 4 is 0 Å². The lowest BCUT2D eigenvalue weighted by Crippen LogP contribution is -2.11. The molecule has 5 nitrogen and oxygen atoms in total. The minimum absolute atomic E-state index is 0.244. The summed E-state index contributed by atoms with van der Waals surface area (Å²) in [4.78, 5) is 4.19. The van der Waals surface area contributed by atoms with Gasteiger partial charge in [0.1, 0.15) is 18.7 Å². The number of para-hydroxylation sites is 1. The molecule has 0 saturated carbocycles. The fourth-order valence-corrected chi connectivity index (χ4v) is 1.91. The normalized spacial score (nSPS) is 12.7. The second-order valence-electron chi connectivity index (χ2n) is 4.72. The number of aromatic nitrogens is 3. The van der Waals surface area contributed by atoms with Gasteiger partial charge in [0, 0.05) is 11.6 Å². The average Bonchev–Trinajstić information content (AvgIpc) is 2.85.